The van der Waals surface area contributed by atoms with Crippen LogP contribution in [-0.4, -0.2) is 19.9 Å². The minimum Gasteiger partial charge on any atom is -0.229 e. The smallest absolute Gasteiger partial charge is 0.151 e. The van der Waals surface area contributed by atoms with Gasteiger partial charge in [-0.3, -0.25) is 0 Å². The van der Waals surface area contributed by atoms with Gasteiger partial charge in [0.25, 0.3) is 0 Å². The van der Waals surface area contributed by atoms with Crippen molar-refractivity contribution in [3.8, 4) is 6.07 Å². The van der Waals surface area contributed by atoms with Crippen LogP contribution in [0.3, 0.4) is 0 Å². The highest BCUT2D eigenvalue weighted by Gasteiger charge is 2.04. The molecule has 9 heavy (non-hydrogen) atoms. The fourth-order valence-electron chi connectivity index (χ4n) is 0.345. The van der Waals surface area contributed by atoms with Gasteiger partial charge in [0.05, 0.1) is 11.8 Å². The molecule has 0 unspecified atom stereocenters. The maximum atomic E-state index is 10.6. The van der Waals surface area contributed by atoms with Crippen LogP contribution in [0.1, 0.15) is 13.3 Å². The largest absolute Gasteiger partial charge is 0.229 e. The number of hydrogen-bond donors (Lipinski definition) is 0. The van der Waals surface area contributed by atoms with Gasteiger partial charge < -0.3 is 0 Å². The molecular weight excluding hydrogens is 138 g/mol. The van der Waals surface area contributed by atoms with Crippen molar-refractivity contribution in [2.24, 2.45) is 0 Å². The molecule has 0 aliphatic rings. The molecule has 0 aromatic carbocycles. The zero-order chi connectivity index (χ0) is 7.33. The molecule has 4 heteroatoms. The molecule has 0 saturated carbocycles. The molecule has 0 aromatic heterocycles. The van der Waals surface area contributed by atoms with Crippen molar-refractivity contribution in [1.82, 2.24) is 0 Å². The van der Waals surface area contributed by atoms with E-state index >= 15 is 0 Å². The van der Waals surface area contributed by atoms with Crippen molar-refractivity contribution in [2.45, 2.75) is 13.3 Å². The summed E-state index contributed by atoms with van der Waals surface area (Å²) in [5, 5.41) is 8.01. The van der Waals surface area contributed by atoms with Crippen LogP contribution in [0.4, 0.5) is 0 Å². The van der Waals surface area contributed by atoms with Crippen LogP contribution >= 0.6 is 0 Å². The third-order valence-corrected chi connectivity index (χ3v) is 2.67. The lowest BCUT2D eigenvalue weighted by Gasteiger charge is -1.92. The summed E-state index contributed by atoms with van der Waals surface area (Å²) in [7, 11) is -2.90. The van der Waals surface area contributed by atoms with Crippen LogP contribution in [0.25, 0.3) is 0 Å². The van der Waals surface area contributed by atoms with Gasteiger partial charge in [-0.05, 0) is 0 Å². The van der Waals surface area contributed by atoms with Gasteiger partial charge in [-0.1, -0.05) is 6.92 Å². The van der Waals surface area contributed by atoms with Gasteiger partial charge in [-0.25, -0.2) is 8.42 Å². The van der Waals surface area contributed by atoms with E-state index < -0.39 is 9.84 Å². The minimum absolute atomic E-state index is 0. The molecule has 0 fully saturated rings. The molecule has 0 aromatic rings. The summed E-state index contributed by atoms with van der Waals surface area (Å²) in [4.78, 5) is 0. The van der Waals surface area contributed by atoms with Crippen molar-refractivity contribution in [2.75, 3.05) is 11.5 Å². The molecule has 0 N–H and O–H groups in total. The molecule has 0 aliphatic carbocycles. The average Bonchev–Trinajstić information content (AvgIpc) is 1.84. The summed E-state index contributed by atoms with van der Waals surface area (Å²) >= 11 is 0. The number of nitrogens with zero attached hydrogens (tertiary/aromatic N) is 1. The maximum absolute atomic E-state index is 10.6. The highest BCUT2D eigenvalue weighted by Crippen LogP contribution is 1.90. The number of hydrogen-bond acceptors (Lipinski definition) is 3. The predicted molar refractivity (Wildman–Crippen MR) is 34.6 cm³/mol. The van der Waals surface area contributed by atoms with Crippen molar-refractivity contribution in [3.05, 3.63) is 0 Å². The second-order valence-electron chi connectivity index (χ2n) is 1.64. The number of rotatable bonds is 3. The molecule has 0 amide bonds. The SMILES string of the molecule is CCS(=O)(=O)CCC#N. The van der Waals surface area contributed by atoms with Crippen LogP contribution in [0.2, 0.25) is 0 Å². The lowest BCUT2D eigenvalue weighted by atomic mass is 10.6. The third kappa shape index (κ3) is 3.98. The van der Waals surface area contributed by atoms with Crippen molar-refractivity contribution in [1.29, 1.82) is 5.26 Å². The first-order valence-electron chi connectivity index (χ1n) is 2.69. The van der Waals surface area contributed by atoms with Crippen LogP contribution in [-0.2, 0) is 9.84 Å². The van der Waals surface area contributed by atoms with E-state index in [9.17, 15) is 8.42 Å². The van der Waals surface area contributed by atoms with Gasteiger partial charge in [0.1, 0.15) is 0 Å². The standard InChI is InChI=1S/C5H9NO2S/c1-2-9(7,8)5-3-4-6/h2-3,5H2,1H3. The van der Waals surface area contributed by atoms with E-state index in [1.807, 2.05) is 0 Å². The Balaban J connectivity index is 3.78. The Hall–Kier alpha value is -0.560. The van der Waals surface area contributed by atoms with Crippen LogP contribution in [0.15, 0.2) is 0 Å². The summed E-state index contributed by atoms with van der Waals surface area (Å²) in [6.45, 7) is 1.58. The Bertz CT molecular complexity index is 199. The summed E-state index contributed by atoms with van der Waals surface area (Å²) in [5.74, 6) is 0.134. The van der Waals surface area contributed by atoms with Crippen LogP contribution < -0.4 is 0 Å². The molecule has 0 rings (SSSR count). The quantitative estimate of drug-likeness (QED) is 0.578. The second-order valence-corrected chi connectivity index (χ2v) is 4.12. The first-order chi connectivity index (χ1) is 4.12. The highest BCUT2D eigenvalue weighted by molar-refractivity contribution is 7.91. The van der Waals surface area contributed by atoms with Gasteiger partial charge in [0, 0.05) is 12.2 Å². The Morgan fingerprint density at radius 2 is 2.11 bits per heavy atom. The Labute approximate surface area is 55.2 Å². The van der Waals surface area contributed by atoms with E-state index in [0.717, 1.165) is 0 Å². The van der Waals surface area contributed by atoms with E-state index in [4.69, 9.17) is 5.26 Å². The second kappa shape index (κ2) is 3.46. The van der Waals surface area contributed by atoms with E-state index in [1.165, 1.54) is 0 Å². The Morgan fingerprint density at radius 1 is 1.56 bits per heavy atom. The first kappa shape index (κ1) is 8.44. The molecule has 3 nitrogen and oxygen atoms in total. The van der Waals surface area contributed by atoms with Gasteiger partial charge in [0.2, 0.25) is 0 Å². The van der Waals surface area contributed by atoms with Gasteiger partial charge in [0.15, 0.2) is 9.84 Å². The fraction of sp³-hybridized carbons (Fsp3) is 0.800. The average molecular weight is 147 g/mol. The topological polar surface area (TPSA) is 57.9 Å². The van der Waals surface area contributed by atoms with Gasteiger partial charge in [-0.15, -0.1) is 0 Å². The lowest BCUT2D eigenvalue weighted by Crippen LogP contribution is -2.07. The number of nitriles is 1. The van der Waals surface area contributed by atoms with Crippen molar-refractivity contribution >= 4 is 9.84 Å². The Kier molecular flexibility index (Phi) is 3.25. The molecule has 0 radical (unpaired) electrons. The van der Waals surface area contributed by atoms with E-state index in [-0.39, 0.29) is 17.9 Å². The number of sulfone groups is 1. The monoisotopic (exact) mass is 147 g/mol. The predicted octanol–water partition coefficient (Wildman–Crippen LogP) is 0.335. The van der Waals surface area contributed by atoms with E-state index in [0.29, 0.717) is 0 Å². The van der Waals surface area contributed by atoms with Gasteiger partial charge >= 0.3 is 0 Å². The zero-order valence-electron chi connectivity index (χ0n) is 5.29. The zero-order valence-corrected chi connectivity index (χ0v) is 6.11. The van der Waals surface area contributed by atoms with Crippen LogP contribution in [0, 0.1) is 11.3 Å². The molecule has 0 bridgehead atoms. The third-order valence-electron chi connectivity index (χ3n) is 0.965. The summed E-state index contributed by atoms with van der Waals surface area (Å²) in [6.07, 6.45) is 0.107. The normalized spacial score (nSPS) is 10.7. The molecule has 0 saturated heterocycles. The van der Waals surface area contributed by atoms with Gasteiger partial charge in [-0.2, -0.15) is 5.26 Å². The lowest BCUT2D eigenvalue weighted by molar-refractivity contribution is 0.597. The molecular formula is C5H9NO2S. The Morgan fingerprint density at radius 3 is 2.44 bits per heavy atom. The minimum atomic E-state index is -2.90. The molecule has 0 atom stereocenters. The molecule has 0 aliphatic heterocycles. The molecule has 0 spiro atoms. The first-order valence-corrected chi connectivity index (χ1v) is 4.52. The van der Waals surface area contributed by atoms with Crippen molar-refractivity contribution in [3.63, 3.8) is 0 Å². The summed E-state index contributed by atoms with van der Waals surface area (Å²) in [6, 6.07) is 1.78. The molecule has 0 heterocycles. The summed E-state index contributed by atoms with van der Waals surface area (Å²) < 4.78 is 21.2. The summed E-state index contributed by atoms with van der Waals surface area (Å²) in [5.41, 5.74) is 0. The van der Waals surface area contributed by atoms with Crippen molar-refractivity contribution < 1.29 is 8.42 Å². The van der Waals surface area contributed by atoms with E-state index in [1.54, 1.807) is 13.0 Å². The van der Waals surface area contributed by atoms with E-state index in [2.05, 4.69) is 0 Å². The maximum Gasteiger partial charge on any atom is 0.151 e. The molecule has 52 valence electrons. The fourth-order valence-corrected chi connectivity index (χ4v) is 1.04. The van der Waals surface area contributed by atoms with Crippen LogP contribution in [0.5, 0.6) is 0 Å². The highest BCUT2D eigenvalue weighted by atomic mass is 32.2.